The first-order valence-electron chi connectivity index (χ1n) is 7.32. The summed E-state index contributed by atoms with van der Waals surface area (Å²) in [4.78, 5) is 9.51. The van der Waals surface area contributed by atoms with E-state index in [9.17, 15) is 0 Å². The quantitative estimate of drug-likeness (QED) is 0.624. The average molecular weight is 279 g/mol. The highest BCUT2D eigenvalue weighted by Crippen LogP contribution is 2.40. The molecule has 0 aliphatic heterocycles. The second kappa shape index (κ2) is 6.12. The highest BCUT2D eigenvalue weighted by atomic mass is 32.2. The third-order valence-electron chi connectivity index (χ3n) is 3.64. The Hall–Kier alpha value is -0.770. The van der Waals surface area contributed by atoms with Crippen LogP contribution in [-0.2, 0) is 0 Å². The van der Waals surface area contributed by atoms with Crippen LogP contribution in [0.2, 0.25) is 0 Å². The lowest BCUT2D eigenvalue weighted by Gasteiger charge is -2.18. The fourth-order valence-electron chi connectivity index (χ4n) is 1.80. The van der Waals surface area contributed by atoms with E-state index in [0.29, 0.717) is 17.1 Å². The zero-order valence-corrected chi connectivity index (χ0v) is 13.5. The van der Waals surface area contributed by atoms with E-state index in [1.165, 1.54) is 18.4 Å². The molecule has 1 unspecified atom stereocenters. The summed E-state index contributed by atoms with van der Waals surface area (Å²) in [5.41, 5.74) is 1.20. The Morgan fingerprint density at radius 2 is 1.95 bits per heavy atom. The van der Waals surface area contributed by atoms with Crippen LogP contribution in [0, 0.1) is 12.8 Å². The molecule has 1 heterocycles. The van der Waals surface area contributed by atoms with Crippen molar-refractivity contribution in [1.82, 2.24) is 9.97 Å². The number of rotatable bonds is 6. The minimum absolute atomic E-state index is 0.579. The maximum atomic E-state index is 4.81. The third-order valence-corrected chi connectivity index (χ3v) is 5.18. The van der Waals surface area contributed by atoms with Crippen LogP contribution in [0.15, 0.2) is 5.03 Å². The van der Waals surface area contributed by atoms with Crippen molar-refractivity contribution >= 4 is 17.6 Å². The van der Waals surface area contributed by atoms with Gasteiger partial charge in [0.25, 0.3) is 0 Å². The maximum Gasteiger partial charge on any atom is 0.135 e. The van der Waals surface area contributed by atoms with Crippen LogP contribution in [0.4, 0.5) is 5.82 Å². The van der Waals surface area contributed by atoms with Crippen molar-refractivity contribution in [3.05, 3.63) is 11.4 Å². The first kappa shape index (κ1) is 14.6. The lowest BCUT2D eigenvalue weighted by Crippen LogP contribution is -2.10. The van der Waals surface area contributed by atoms with Gasteiger partial charge < -0.3 is 5.32 Å². The monoisotopic (exact) mass is 279 g/mol. The molecular formula is C15H25N3S. The molecule has 1 saturated carbocycles. The Morgan fingerprint density at radius 3 is 2.47 bits per heavy atom. The number of nitrogens with zero attached hydrogens (tertiary/aromatic N) is 2. The minimum Gasteiger partial charge on any atom is -0.370 e. The summed E-state index contributed by atoms with van der Waals surface area (Å²) in [6, 6.07) is 0. The van der Waals surface area contributed by atoms with E-state index in [1.54, 1.807) is 0 Å². The summed E-state index contributed by atoms with van der Waals surface area (Å²) in [7, 11) is 0. The highest BCUT2D eigenvalue weighted by Gasteiger charge is 2.28. The van der Waals surface area contributed by atoms with Gasteiger partial charge in [0, 0.05) is 23.3 Å². The van der Waals surface area contributed by atoms with E-state index in [0.717, 1.165) is 23.2 Å². The van der Waals surface area contributed by atoms with Crippen molar-refractivity contribution in [2.24, 2.45) is 5.92 Å². The summed E-state index contributed by atoms with van der Waals surface area (Å²) < 4.78 is 0. The van der Waals surface area contributed by atoms with Gasteiger partial charge in [-0.25, -0.2) is 9.97 Å². The molecule has 1 aromatic rings. The number of hydrogen-bond donors (Lipinski definition) is 1. The standard InChI is InChI=1S/C15H25N3S/c1-6-16-13-10(4)15(19-11(5)9(2)3)18-14(17-13)12-7-8-12/h9,11-12H,6-8H2,1-5H3,(H,16,17,18). The predicted molar refractivity (Wildman–Crippen MR) is 83.1 cm³/mol. The summed E-state index contributed by atoms with van der Waals surface area (Å²) >= 11 is 1.89. The summed E-state index contributed by atoms with van der Waals surface area (Å²) in [6.07, 6.45) is 2.50. The molecule has 0 radical (unpaired) electrons. The Kier molecular flexibility index (Phi) is 4.71. The van der Waals surface area contributed by atoms with Crippen LogP contribution < -0.4 is 5.32 Å². The van der Waals surface area contributed by atoms with E-state index in [2.05, 4.69) is 39.9 Å². The zero-order chi connectivity index (χ0) is 14.0. The van der Waals surface area contributed by atoms with E-state index < -0.39 is 0 Å². The van der Waals surface area contributed by atoms with Gasteiger partial charge in [-0.15, -0.1) is 11.8 Å². The SMILES string of the molecule is CCNc1nc(C2CC2)nc(SC(C)C(C)C)c1C. The Balaban J connectivity index is 2.28. The molecule has 1 fully saturated rings. The number of anilines is 1. The molecule has 1 aliphatic carbocycles. The second-order valence-corrected chi connectivity index (χ2v) is 7.10. The zero-order valence-electron chi connectivity index (χ0n) is 12.7. The van der Waals surface area contributed by atoms with Crippen molar-refractivity contribution in [2.75, 3.05) is 11.9 Å². The van der Waals surface area contributed by atoms with Crippen LogP contribution >= 0.6 is 11.8 Å². The van der Waals surface area contributed by atoms with Gasteiger partial charge in [-0.2, -0.15) is 0 Å². The molecule has 4 heteroatoms. The van der Waals surface area contributed by atoms with Crippen molar-refractivity contribution in [1.29, 1.82) is 0 Å². The van der Waals surface area contributed by atoms with Crippen LogP contribution in [0.25, 0.3) is 0 Å². The molecule has 2 rings (SSSR count). The summed E-state index contributed by atoms with van der Waals surface area (Å²) in [5, 5.41) is 5.12. The van der Waals surface area contributed by atoms with E-state index in [1.807, 2.05) is 11.8 Å². The van der Waals surface area contributed by atoms with Crippen molar-refractivity contribution in [3.8, 4) is 0 Å². The fourth-order valence-corrected chi connectivity index (χ4v) is 2.85. The first-order valence-corrected chi connectivity index (χ1v) is 8.20. The van der Waals surface area contributed by atoms with Crippen LogP contribution in [0.3, 0.4) is 0 Å². The van der Waals surface area contributed by atoms with Crippen LogP contribution in [0.1, 0.15) is 57.8 Å². The normalized spacial score (nSPS) is 16.7. The molecule has 0 spiro atoms. The molecule has 1 N–H and O–H groups in total. The smallest absolute Gasteiger partial charge is 0.135 e. The van der Waals surface area contributed by atoms with Gasteiger partial charge in [-0.05, 0) is 32.6 Å². The van der Waals surface area contributed by atoms with Crippen molar-refractivity contribution in [2.45, 2.75) is 63.7 Å². The predicted octanol–water partition coefficient (Wildman–Crippen LogP) is 4.23. The number of aromatic nitrogens is 2. The van der Waals surface area contributed by atoms with Crippen LogP contribution in [-0.4, -0.2) is 21.8 Å². The molecule has 0 aromatic carbocycles. The van der Waals surface area contributed by atoms with Gasteiger partial charge >= 0.3 is 0 Å². The Bertz CT molecular complexity index is 441. The molecule has 19 heavy (non-hydrogen) atoms. The highest BCUT2D eigenvalue weighted by molar-refractivity contribution is 7.99. The molecule has 1 atom stereocenters. The maximum absolute atomic E-state index is 4.81. The van der Waals surface area contributed by atoms with Gasteiger partial charge in [0.15, 0.2) is 0 Å². The number of thioether (sulfide) groups is 1. The average Bonchev–Trinajstić information content (AvgIpc) is 3.18. The minimum atomic E-state index is 0.579. The molecule has 0 amide bonds. The van der Waals surface area contributed by atoms with Crippen molar-refractivity contribution in [3.63, 3.8) is 0 Å². The topological polar surface area (TPSA) is 37.8 Å². The van der Waals surface area contributed by atoms with Crippen molar-refractivity contribution < 1.29 is 0 Å². The fraction of sp³-hybridized carbons (Fsp3) is 0.733. The molecule has 1 aromatic heterocycles. The van der Waals surface area contributed by atoms with E-state index in [4.69, 9.17) is 9.97 Å². The lowest BCUT2D eigenvalue weighted by molar-refractivity contribution is 0.641. The number of nitrogens with one attached hydrogen (secondary N) is 1. The third kappa shape index (κ3) is 3.62. The Labute approximate surface area is 121 Å². The van der Waals surface area contributed by atoms with Gasteiger partial charge in [-0.3, -0.25) is 0 Å². The summed E-state index contributed by atoms with van der Waals surface area (Å²) in [6.45, 7) is 12.0. The molecule has 0 saturated heterocycles. The Morgan fingerprint density at radius 1 is 1.26 bits per heavy atom. The van der Waals surface area contributed by atoms with Gasteiger partial charge in [-0.1, -0.05) is 20.8 Å². The molecule has 0 bridgehead atoms. The van der Waals surface area contributed by atoms with Gasteiger partial charge in [0.1, 0.15) is 16.7 Å². The molecule has 3 nitrogen and oxygen atoms in total. The first-order chi connectivity index (χ1) is 9.02. The second-order valence-electron chi connectivity index (χ2n) is 5.73. The lowest BCUT2D eigenvalue weighted by atomic mass is 10.2. The molecule has 1 aliphatic rings. The molecular weight excluding hydrogens is 254 g/mol. The van der Waals surface area contributed by atoms with Gasteiger partial charge in [0.05, 0.1) is 0 Å². The number of hydrogen-bond acceptors (Lipinski definition) is 4. The van der Waals surface area contributed by atoms with Gasteiger partial charge in [0.2, 0.25) is 0 Å². The van der Waals surface area contributed by atoms with Crippen LogP contribution in [0.5, 0.6) is 0 Å². The largest absolute Gasteiger partial charge is 0.370 e. The molecule has 106 valence electrons. The van der Waals surface area contributed by atoms with E-state index in [-0.39, 0.29) is 0 Å². The van der Waals surface area contributed by atoms with E-state index >= 15 is 0 Å². The summed E-state index contributed by atoms with van der Waals surface area (Å²) in [5.74, 6) is 3.33.